The molecule has 1 aliphatic carbocycles. The number of anilines is 1. The van der Waals surface area contributed by atoms with Crippen molar-refractivity contribution >= 4 is 26.7 Å². The first-order valence-electron chi connectivity index (χ1n) is 9.97. The molecule has 0 bridgehead atoms. The Kier molecular flexibility index (Phi) is 5.00. The predicted molar refractivity (Wildman–Crippen MR) is 115 cm³/mol. The van der Waals surface area contributed by atoms with Crippen LogP contribution in [0.4, 0.5) is 19.0 Å². The van der Waals surface area contributed by atoms with E-state index in [4.69, 9.17) is 0 Å². The minimum absolute atomic E-state index is 0.0342. The van der Waals surface area contributed by atoms with Gasteiger partial charge in [0.15, 0.2) is 0 Å². The zero-order chi connectivity index (χ0) is 23.2. The molecule has 0 spiro atoms. The molecule has 4 aromatic rings. The van der Waals surface area contributed by atoms with E-state index < -0.39 is 21.8 Å². The van der Waals surface area contributed by atoms with Gasteiger partial charge in [0, 0.05) is 17.1 Å². The molecule has 1 saturated carbocycles. The fourth-order valence-electron chi connectivity index (χ4n) is 3.65. The molecule has 0 saturated heterocycles. The topological polar surface area (TPSA) is 97.7 Å². The highest BCUT2D eigenvalue weighted by Gasteiger charge is 2.34. The second kappa shape index (κ2) is 7.77. The Morgan fingerprint density at radius 1 is 0.939 bits per heavy atom. The summed E-state index contributed by atoms with van der Waals surface area (Å²) in [4.78, 5) is 16.1. The number of benzene rings is 2. The third-order valence-corrected chi connectivity index (χ3v) is 6.74. The van der Waals surface area contributed by atoms with E-state index in [9.17, 15) is 21.6 Å². The van der Waals surface area contributed by atoms with Gasteiger partial charge in [-0.3, -0.25) is 4.72 Å². The molecule has 2 aromatic carbocycles. The maximum atomic E-state index is 13.3. The number of rotatable bonds is 5. The summed E-state index contributed by atoms with van der Waals surface area (Å²) in [6.07, 6.45) is 1.10. The van der Waals surface area contributed by atoms with Crippen molar-refractivity contribution in [2.75, 3.05) is 4.72 Å². The molecular weight excluding hydrogens is 455 g/mol. The number of halogens is 3. The second-order valence-electron chi connectivity index (χ2n) is 7.68. The molecule has 5 rings (SSSR count). The second-order valence-corrected chi connectivity index (χ2v) is 9.36. The predicted octanol–water partition coefficient (Wildman–Crippen LogP) is 4.78. The normalized spacial score (nSPS) is 14.4. The molecule has 0 unspecified atom stereocenters. The van der Waals surface area contributed by atoms with Gasteiger partial charge < -0.3 is 0 Å². The molecular formula is C22H16F3N5O2S. The number of hydrogen-bond donors (Lipinski definition) is 1. The van der Waals surface area contributed by atoms with E-state index in [1.807, 2.05) is 0 Å². The molecule has 2 heterocycles. The first-order chi connectivity index (χ1) is 15.7. The molecule has 0 amide bonds. The van der Waals surface area contributed by atoms with Crippen LogP contribution >= 0.6 is 0 Å². The molecule has 0 radical (unpaired) electrons. The maximum absolute atomic E-state index is 13.3. The van der Waals surface area contributed by atoms with Crippen molar-refractivity contribution in [1.29, 1.82) is 0 Å². The van der Waals surface area contributed by atoms with Crippen LogP contribution in [-0.2, 0) is 16.2 Å². The summed E-state index contributed by atoms with van der Waals surface area (Å²) in [5, 5.41) is 0.542. The average Bonchev–Trinajstić information content (AvgIpc) is 3.63. The van der Waals surface area contributed by atoms with Crippen molar-refractivity contribution < 1.29 is 21.6 Å². The summed E-state index contributed by atoms with van der Waals surface area (Å²) in [5.41, 5.74) is 1.30. The third-order valence-electron chi connectivity index (χ3n) is 5.39. The van der Waals surface area contributed by atoms with E-state index in [1.54, 1.807) is 6.07 Å². The molecule has 1 aliphatic rings. The molecule has 33 heavy (non-hydrogen) atoms. The molecule has 0 atom stereocenters. The summed E-state index contributed by atoms with van der Waals surface area (Å²) in [7, 11) is -3.94. The Morgan fingerprint density at radius 2 is 1.76 bits per heavy atom. The maximum Gasteiger partial charge on any atom is 0.416 e. The van der Waals surface area contributed by atoms with Crippen LogP contribution in [0.1, 0.15) is 29.9 Å². The van der Waals surface area contributed by atoms with Gasteiger partial charge >= 0.3 is 6.18 Å². The summed E-state index contributed by atoms with van der Waals surface area (Å²) in [5.74, 6) is 0.163. The van der Waals surface area contributed by atoms with Crippen LogP contribution in [0.3, 0.4) is 0 Å². The van der Waals surface area contributed by atoms with Crippen LogP contribution in [0, 0.1) is 0 Å². The smallest absolute Gasteiger partial charge is 0.263 e. The number of aromatic nitrogens is 4. The zero-order valence-corrected chi connectivity index (χ0v) is 17.7. The lowest BCUT2D eigenvalue weighted by Gasteiger charge is -2.14. The van der Waals surface area contributed by atoms with E-state index in [1.165, 1.54) is 49.2 Å². The highest BCUT2D eigenvalue weighted by Crippen LogP contribution is 2.46. The Bertz CT molecular complexity index is 1460. The van der Waals surface area contributed by atoms with Crippen LogP contribution in [0.2, 0.25) is 0 Å². The molecule has 7 nitrogen and oxygen atoms in total. The van der Waals surface area contributed by atoms with Gasteiger partial charge in [-0.25, -0.2) is 28.4 Å². The third kappa shape index (κ3) is 4.23. The lowest BCUT2D eigenvalue weighted by Crippen LogP contribution is -2.14. The average molecular weight is 471 g/mol. The van der Waals surface area contributed by atoms with Crippen molar-refractivity contribution in [3.63, 3.8) is 0 Å². The first-order valence-corrected chi connectivity index (χ1v) is 11.5. The number of hydrogen-bond acceptors (Lipinski definition) is 6. The van der Waals surface area contributed by atoms with E-state index in [0.29, 0.717) is 27.7 Å². The van der Waals surface area contributed by atoms with Gasteiger partial charge in [-0.15, -0.1) is 0 Å². The van der Waals surface area contributed by atoms with Gasteiger partial charge in [0.05, 0.1) is 21.7 Å². The fraction of sp³-hybridized carbons (Fsp3) is 0.182. The Balaban J connectivity index is 1.58. The number of nitrogens with one attached hydrogen (secondary N) is 1. The summed E-state index contributed by atoms with van der Waals surface area (Å²) >= 11 is 0. The Morgan fingerprint density at radius 3 is 2.45 bits per heavy atom. The van der Waals surface area contributed by atoms with Gasteiger partial charge in [0.25, 0.3) is 10.0 Å². The number of sulfonamides is 1. The highest BCUT2D eigenvalue weighted by atomic mass is 32.2. The largest absolute Gasteiger partial charge is 0.416 e. The van der Waals surface area contributed by atoms with Crippen molar-refractivity contribution in [2.45, 2.75) is 29.8 Å². The quantitative estimate of drug-likeness (QED) is 0.450. The van der Waals surface area contributed by atoms with Crippen LogP contribution in [0.25, 0.3) is 22.2 Å². The minimum atomic E-state index is -4.43. The van der Waals surface area contributed by atoms with Crippen LogP contribution in [0.5, 0.6) is 0 Å². The molecule has 0 aliphatic heterocycles. The SMILES string of the molecule is O=S(=O)(Nc1ccncn1)c1ccc2c(-c3ccc(C(F)(F)F)cc3C3CC3)ncnc2c1. The first kappa shape index (κ1) is 21.3. The highest BCUT2D eigenvalue weighted by molar-refractivity contribution is 7.92. The van der Waals surface area contributed by atoms with Crippen LogP contribution in [-0.4, -0.2) is 28.4 Å². The van der Waals surface area contributed by atoms with Crippen LogP contribution < -0.4 is 4.72 Å². The molecule has 1 fully saturated rings. The van der Waals surface area contributed by atoms with Crippen molar-refractivity contribution in [2.24, 2.45) is 0 Å². The molecule has 168 valence electrons. The minimum Gasteiger partial charge on any atom is -0.263 e. The summed E-state index contributed by atoms with van der Waals surface area (Å²) in [6.45, 7) is 0. The van der Waals surface area contributed by atoms with Gasteiger partial charge in [0.1, 0.15) is 18.5 Å². The number of alkyl halides is 3. The van der Waals surface area contributed by atoms with Gasteiger partial charge in [-0.05, 0) is 60.7 Å². The zero-order valence-electron chi connectivity index (χ0n) is 16.9. The monoisotopic (exact) mass is 471 g/mol. The Labute approximate surface area is 186 Å². The van der Waals surface area contributed by atoms with Gasteiger partial charge in [-0.2, -0.15) is 13.2 Å². The van der Waals surface area contributed by atoms with Crippen LogP contribution in [0.15, 0.2) is 66.2 Å². The van der Waals surface area contributed by atoms with Gasteiger partial charge in [0.2, 0.25) is 0 Å². The number of nitrogens with zero attached hydrogens (tertiary/aromatic N) is 4. The number of fused-ring (bicyclic) bond motifs is 1. The standard InChI is InChI=1S/C22H16F3N5O2S/c23-22(24,25)14-3-5-16(18(9-14)13-1-2-13)21-17-6-4-15(10-19(17)27-12-29-21)33(31,32)30-20-7-8-26-11-28-20/h3-13H,1-2H2,(H,26,28,30). The lowest BCUT2D eigenvalue weighted by molar-refractivity contribution is -0.137. The van der Waals surface area contributed by atoms with E-state index in [2.05, 4.69) is 24.7 Å². The lowest BCUT2D eigenvalue weighted by atomic mass is 9.95. The van der Waals surface area contributed by atoms with E-state index in [0.717, 1.165) is 18.9 Å². The summed E-state index contributed by atoms with van der Waals surface area (Å²) < 4.78 is 67.7. The van der Waals surface area contributed by atoms with Gasteiger partial charge in [-0.1, -0.05) is 6.07 Å². The van der Waals surface area contributed by atoms with E-state index in [-0.39, 0.29) is 16.6 Å². The summed E-state index contributed by atoms with van der Waals surface area (Å²) in [6, 6.07) is 9.44. The molecule has 11 heteroatoms. The molecule has 2 aromatic heterocycles. The Hall–Kier alpha value is -3.60. The fourth-order valence-corrected chi connectivity index (χ4v) is 4.68. The molecule has 1 N–H and O–H groups in total. The van der Waals surface area contributed by atoms with Crippen molar-refractivity contribution in [3.8, 4) is 11.3 Å². The van der Waals surface area contributed by atoms with E-state index >= 15 is 0 Å². The van der Waals surface area contributed by atoms with Crippen molar-refractivity contribution in [3.05, 3.63) is 72.4 Å². The van der Waals surface area contributed by atoms with Crippen molar-refractivity contribution in [1.82, 2.24) is 19.9 Å².